The monoisotopic (exact) mass is 1360 g/mol. The number of thiophene rings is 2. The first kappa shape index (κ1) is 59.7. The van der Waals surface area contributed by atoms with Gasteiger partial charge in [-0.2, -0.15) is 0 Å². The topological polar surface area (TPSA) is 32.8 Å². The van der Waals surface area contributed by atoms with Crippen LogP contribution in [0.1, 0.15) is 0 Å². The maximum Gasteiger partial charge on any atom is 0.159 e. The predicted molar refractivity (Wildman–Crippen MR) is 444 cm³/mol. The molecule has 21 rings (SSSR count). The van der Waals surface area contributed by atoms with Crippen molar-refractivity contribution in [1.82, 2.24) is 0 Å². The van der Waals surface area contributed by atoms with Crippen molar-refractivity contribution in [2.75, 3.05) is 9.80 Å². The lowest BCUT2D eigenvalue weighted by Crippen LogP contribution is -2.10. The summed E-state index contributed by atoms with van der Waals surface area (Å²) in [5, 5.41) is 14.4. The molecular weight excluding hydrogens is 1300 g/mol. The van der Waals surface area contributed by atoms with E-state index in [1.165, 1.54) is 101 Å². The first-order valence-electron chi connectivity index (χ1n) is 35.3. The number of hydrogen-bond donors (Lipinski definition) is 0. The lowest BCUT2D eigenvalue weighted by Gasteiger charge is -2.26. The van der Waals surface area contributed by atoms with E-state index in [0.29, 0.717) is 0 Å². The van der Waals surface area contributed by atoms with E-state index in [9.17, 15) is 0 Å². The second-order valence-electron chi connectivity index (χ2n) is 27.0. The molecule has 0 fully saturated rings. The molecule has 6 heteroatoms. The second-order valence-corrected chi connectivity index (χ2v) is 29.2. The van der Waals surface area contributed by atoms with E-state index in [2.05, 4.69) is 356 Å². The number of benzene rings is 17. The molecule has 0 saturated carbocycles. The zero-order chi connectivity index (χ0) is 68.3. The van der Waals surface area contributed by atoms with Crippen LogP contribution in [0.15, 0.2) is 373 Å². The van der Waals surface area contributed by atoms with Crippen LogP contribution < -0.4 is 9.80 Å². The first-order chi connectivity index (χ1) is 51.5. The summed E-state index contributed by atoms with van der Waals surface area (Å²) >= 11 is 3.72. The highest BCUT2D eigenvalue weighted by atomic mass is 32.1. The minimum Gasteiger partial charge on any atom is -0.455 e. The average molecular weight is 1360 g/mol. The molecule has 104 heavy (non-hydrogen) atoms. The molecular formula is C98H60N2O2S2. The van der Waals surface area contributed by atoms with Gasteiger partial charge < -0.3 is 18.6 Å². The second kappa shape index (κ2) is 24.3. The number of fused-ring (bicyclic) bond motifs is 14. The van der Waals surface area contributed by atoms with Crippen molar-refractivity contribution in [3.05, 3.63) is 364 Å². The van der Waals surface area contributed by atoms with Crippen LogP contribution in [0.5, 0.6) is 0 Å². The van der Waals surface area contributed by atoms with E-state index in [-0.39, 0.29) is 0 Å². The molecule has 486 valence electrons. The highest BCUT2D eigenvalue weighted by Gasteiger charge is 2.23. The largest absolute Gasteiger partial charge is 0.455 e. The van der Waals surface area contributed by atoms with Gasteiger partial charge in [0.05, 0.1) is 5.69 Å². The Labute approximate surface area is 607 Å². The Kier molecular flexibility index (Phi) is 14.0. The van der Waals surface area contributed by atoms with Crippen LogP contribution in [0.2, 0.25) is 0 Å². The third-order valence-corrected chi connectivity index (χ3v) is 23.3. The van der Waals surface area contributed by atoms with Crippen LogP contribution in [-0.2, 0) is 0 Å². The third-order valence-electron chi connectivity index (χ3n) is 21.1. The molecule has 4 heterocycles. The van der Waals surface area contributed by atoms with Gasteiger partial charge >= 0.3 is 0 Å². The van der Waals surface area contributed by atoms with E-state index in [0.717, 1.165) is 106 Å². The van der Waals surface area contributed by atoms with Crippen LogP contribution in [0.25, 0.3) is 173 Å². The maximum atomic E-state index is 6.80. The Morgan fingerprint density at radius 3 is 1.17 bits per heavy atom. The maximum absolute atomic E-state index is 6.80. The van der Waals surface area contributed by atoms with Crippen molar-refractivity contribution in [3.63, 3.8) is 0 Å². The molecule has 0 aliphatic carbocycles. The lowest BCUT2D eigenvalue weighted by atomic mass is 9.92. The van der Waals surface area contributed by atoms with Crippen LogP contribution in [0.4, 0.5) is 34.1 Å². The van der Waals surface area contributed by atoms with Gasteiger partial charge in [0.15, 0.2) is 5.58 Å². The van der Waals surface area contributed by atoms with Crippen molar-refractivity contribution in [1.29, 1.82) is 0 Å². The van der Waals surface area contributed by atoms with E-state index in [1.807, 2.05) is 40.9 Å². The van der Waals surface area contributed by atoms with E-state index in [1.54, 1.807) is 0 Å². The van der Waals surface area contributed by atoms with E-state index < -0.39 is 0 Å². The van der Waals surface area contributed by atoms with Crippen LogP contribution >= 0.6 is 22.7 Å². The number of para-hydroxylation sites is 4. The van der Waals surface area contributed by atoms with Crippen molar-refractivity contribution in [3.8, 4) is 66.8 Å². The van der Waals surface area contributed by atoms with Gasteiger partial charge in [-0.3, -0.25) is 0 Å². The summed E-state index contributed by atoms with van der Waals surface area (Å²) in [5.41, 5.74) is 23.7. The summed E-state index contributed by atoms with van der Waals surface area (Å²) in [6.07, 6.45) is 0. The van der Waals surface area contributed by atoms with Crippen molar-refractivity contribution in [2.45, 2.75) is 0 Å². The standard InChI is InChI=1S/C98H60N2O2S2/c1-2-22-75-63(16-1)17-11-26-76(75)67-18-9-20-73(56-67)99(71-51-42-64(43-52-71)79-29-14-32-88-82-23-3-6-35-91(82)101-97(79)88)70-47-38-61(39-48-70)66-45-54-86-87-55-46-69(60-96(87)104-95(86)59-66)78-28-13-30-80-77(27-12-31-81(78)80)68-19-10-21-74(57-68)100(90-34-15-33-89-83-24-4-7-36-92(83)102-98(89)90)72-49-40-62(41-50-72)65-44-53-85-84-25-5-8-37-93(84)103-94(85)58-65/h1-60H. The van der Waals surface area contributed by atoms with Crippen molar-refractivity contribution >= 4 is 163 Å². The van der Waals surface area contributed by atoms with Gasteiger partial charge in [-0.05, 0) is 186 Å². The Bertz CT molecular complexity index is 6990. The molecule has 0 atom stereocenters. The molecule has 21 aromatic rings. The van der Waals surface area contributed by atoms with Crippen LogP contribution in [-0.4, -0.2) is 0 Å². The molecule has 0 aliphatic rings. The van der Waals surface area contributed by atoms with Crippen LogP contribution in [0, 0.1) is 0 Å². The van der Waals surface area contributed by atoms with Gasteiger partial charge in [-0.25, -0.2) is 0 Å². The zero-order valence-electron chi connectivity index (χ0n) is 56.2. The lowest BCUT2D eigenvalue weighted by molar-refractivity contribution is 0.669. The van der Waals surface area contributed by atoms with E-state index >= 15 is 0 Å². The molecule has 0 radical (unpaired) electrons. The molecule has 4 aromatic heterocycles. The summed E-state index contributed by atoms with van der Waals surface area (Å²) in [5.74, 6) is 0. The first-order valence-corrected chi connectivity index (χ1v) is 37.0. The fraction of sp³-hybridized carbons (Fsp3) is 0. The Balaban J connectivity index is 0.603. The highest BCUT2D eigenvalue weighted by Crippen LogP contribution is 2.48. The van der Waals surface area contributed by atoms with Crippen molar-refractivity contribution in [2.24, 2.45) is 0 Å². The predicted octanol–water partition coefficient (Wildman–Crippen LogP) is 29.5. The fourth-order valence-electron chi connectivity index (χ4n) is 16.1. The third kappa shape index (κ3) is 10.0. The quantitative estimate of drug-likeness (QED) is 0.122. The molecule has 0 unspecified atom stereocenters. The van der Waals surface area contributed by atoms with Crippen LogP contribution in [0.3, 0.4) is 0 Å². The number of hydrogen-bond acceptors (Lipinski definition) is 6. The van der Waals surface area contributed by atoms with Crippen molar-refractivity contribution < 1.29 is 8.83 Å². The number of rotatable bonds is 12. The SMILES string of the molecule is c1cc(-c2cccc3ccccc23)cc(N(c2ccc(-c3ccc4c(c3)sc3cc(-c5cccc6c(-c7cccc(N(c8ccc(-c9ccc%10c(c9)sc9ccccc9%10)cc8)c8cccc9c8oc8ccccc89)c7)cccc56)ccc34)cc2)c2ccc(-c3cccc4c3oc3ccccc34)cc2)c1. The number of furan rings is 2. The molecule has 0 N–H and O–H groups in total. The molecule has 4 nitrogen and oxygen atoms in total. The minimum atomic E-state index is 0.850. The van der Waals surface area contributed by atoms with Gasteiger partial charge in [0.2, 0.25) is 0 Å². The van der Waals surface area contributed by atoms with E-state index in [4.69, 9.17) is 8.83 Å². The Morgan fingerprint density at radius 2 is 0.567 bits per heavy atom. The summed E-state index contributed by atoms with van der Waals surface area (Å²) in [6, 6.07) is 133. The van der Waals surface area contributed by atoms with Gasteiger partial charge in [0.25, 0.3) is 0 Å². The molecule has 0 amide bonds. The van der Waals surface area contributed by atoms with Gasteiger partial charge in [0.1, 0.15) is 16.7 Å². The van der Waals surface area contributed by atoms with Gasteiger partial charge in [-0.15, -0.1) is 22.7 Å². The molecule has 17 aromatic carbocycles. The number of nitrogens with zero attached hydrogens (tertiary/aromatic N) is 2. The normalized spacial score (nSPS) is 11.8. The fourth-order valence-corrected chi connectivity index (χ4v) is 18.4. The molecule has 0 spiro atoms. The summed E-state index contributed by atoms with van der Waals surface area (Å²) in [7, 11) is 0. The smallest absolute Gasteiger partial charge is 0.159 e. The summed E-state index contributed by atoms with van der Waals surface area (Å²) in [4.78, 5) is 4.73. The molecule has 0 saturated heterocycles. The summed E-state index contributed by atoms with van der Waals surface area (Å²) in [6.45, 7) is 0. The number of anilines is 6. The Morgan fingerprint density at radius 1 is 0.192 bits per heavy atom. The van der Waals surface area contributed by atoms with Gasteiger partial charge in [-0.1, -0.05) is 261 Å². The Hall–Kier alpha value is -13.1. The molecule has 0 bridgehead atoms. The molecule has 0 aliphatic heterocycles. The minimum absolute atomic E-state index is 0.850. The summed E-state index contributed by atoms with van der Waals surface area (Å²) < 4.78 is 18.4. The van der Waals surface area contributed by atoms with Gasteiger partial charge in [0, 0.05) is 95.9 Å². The highest BCUT2D eigenvalue weighted by molar-refractivity contribution is 7.26. The average Bonchev–Trinajstić information content (AvgIpc) is 1.06. The zero-order valence-corrected chi connectivity index (χ0v) is 57.8.